The summed E-state index contributed by atoms with van der Waals surface area (Å²) >= 11 is 0. The van der Waals surface area contributed by atoms with Crippen molar-refractivity contribution in [1.82, 2.24) is 14.6 Å². The molecule has 1 N–H and O–H groups in total. The lowest BCUT2D eigenvalue weighted by Gasteiger charge is -2.46. The largest absolute Gasteiger partial charge is 0.394 e. The highest BCUT2D eigenvalue weighted by molar-refractivity contribution is 5.76. The van der Waals surface area contributed by atoms with Crippen molar-refractivity contribution in [3.8, 4) is 0 Å². The fourth-order valence-electron chi connectivity index (χ4n) is 4.73. The van der Waals surface area contributed by atoms with E-state index in [4.69, 9.17) is 4.52 Å². The third-order valence-electron chi connectivity index (χ3n) is 6.11. The SMILES string of the molecule is Cc1noc(C)c1CCC(=O)N1C[C@H]2C[C@@H](C1)[C@H](CO)n1c2cccc1=O. The molecular weight excluding hydrogens is 346 g/mol. The number of rotatable bonds is 4. The monoisotopic (exact) mass is 371 g/mol. The van der Waals surface area contributed by atoms with E-state index in [1.54, 1.807) is 16.7 Å². The van der Waals surface area contributed by atoms with E-state index in [1.165, 1.54) is 0 Å². The van der Waals surface area contributed by atoms with Crippen molar-refractivity contribution < 1.29 is 14.4 Å². The second-order valence-electron chi connectivity index (χ2n) is 7.70. The van der Waals surface area contributed by atoms with Gasteiger partial charge in [-0.2, -0.15) is 0 Å². The molecule has 4 heterocycles. The van der Waals surface area contributed by atoms with Crippen molar-refractivity contribution in [3.05, 3.63) is 51.3 Å². The number of pyridine rings is 1. The van der Waals surface area contributed by atoms with E-state index in [-0.39, 0.29) is 36.0 Å². The van der Waals surface area contributed by atoms with Crippen molar-refractivity contribution in [2.45, 2.75) is 45.1 Å². The minimum Gasteiger partial charge on any atom is -0.394 e. The zero-order valence-electron chi connectivity index (χ0n) is 15.7. The molecular formula is C20H25N3O4. The molecule has 1 saturated heterocycles. The zero-order valence-corrected chi connectivity index (χ0v) is 15.7. The highest BCUT2D eigenvalue weighted by Gasteiger charge is 2.41. The Morgan fingerprint density at radius 3 is 2.85 bits per heavy atom. The molecule has 2 aliphatic rings. The average Bonchev–Trinajstić information content (AvgIpc) is 2.98. The van der Waals surface area contributed by atoms with E-state index < -0.39 is 0 Å². The van der Waals surface area contributed by atoms with Gasteiger partial charge in [0.25, 0.3) is 5.56 Å². The number of likely N-dealkylation sites (tertiary alicyclic amines) is 1. The van der Waals surface area contributed by atoms with Gasteiger partial charge in [-0.25, -0.2) is 0 Å². The molecule has 3 atom stereocenters. The van der Waals surface area contributed by atoms with Crippen molar-refractivity contribution in [2.24, 2.45) is 5.92 Å². The Kier molecular flexibility index (Phi) is 4.63. The summed E-state index contributed by atoms with van der Waals surface area (Å²) in [6.45, 7) is 4.88. The average molecular weight is 371 g/mol. The molecule has 144 valence electrons. The number of fused-ring (bicyclic) bond motifs is 4. The number of aliphatic hydroxyl groups is 1. The maximum Gasteiger partial charge on any atom is 0.251 e. The highest BCUT2D eigenvalue weighted by Crippen LogP contribution is 2.40. The van der Waals surface area contributed by atoms with Gasteiger partial charge in [0.15, 0.2) is 0 Å². The number of aryl methyl sites for hydroxylation is 2. The van der Waals surface area contributed by atoms with Crippen LogP contribution in [0.2, 0.25) is 0 Å². The molecule has 2 aromatic heterocycles. The maximum absolute atomic E-state index is 12.9. The third-order valence-corrected chi connectivity index (χ3v) is 6.11. The Morgan fingerprint density at radius 2 is 2.15 bits per heavy atom. The molecule has 1 fully saturated rings. The second kappa shape index (κ2) is 6.96. The number of hydrogen-bond acceptors (Lipinski definition) is 5. The molecule has 7 heteroatoms. The zero-order chi connectivity index (χ0) is 19.1. The normalized spacial score (nSPS) is 24.0. The molecule has 0 saturated carbocycles. The van der Waals surface area contributed by atoms with E-state index in [0.717, 1.165) is 29.1 Å². The number of carbonyl (C=O) groups is 1. The Morgan fingerprint density at radius 1 is 1.33 bits per heavy atom. The number of aromatic nitrogens is 2. The summed E-state index contributed by atoms with van der Waals surface area (Å²) < 4.78 is 6.92. The number of piperidine rings is 1. The predicted octanol–water partition coefficient (Wildman–Crippen LogP) is 1.57. The van der Waals surface area contributed by atoms with Crippen LogP contribution < -0.4 is 5.56 Å². The first kappa shape index (κ1) is 18.0. The van der Waals surface area contributed by atoms with Gasteiger partial charge in [0.2, 0.25) is 5.91 Å². The summed E-state index contributed by atoms with van der Waals surface area (Å²) in [6, 6.07) is 4.99. The van der Waals surface area contributed by atoms with Gasteiger partial charge in [-0.3, -0.25) is 9.59 Å². The predicted molar refractivity (Wildman–Crippen MR) is 98.6 cm³/mol. The third kappa shape index (κ3) is 3.10. The standard InChI is InChI=1S/C20H25N3O4/c1-12-16(13(2)27-21-12)6-7-19(25)22-9-14-8-15(10-22)18(11-24)23-17(14)4-3-5-20(23)26/h3-5,14-15,18,24H,6-11H2,1-2H3/t14-,15+,18+/m1/s1. The van der Waals surface area contributed by atoms with Crippen LogP contribution in [0.5, 0.6) is 0 Å². The first-order chi connectivity index (χ1) is 13.0. The Bertz CT molecular complexity index is 897. The van der Waals surface area contributed by atoms with E-state index in [9.17, 15) is 14.7 Å². The van der Waals surface area contributed by atoms with Crippen LogP contribution in [-0.2, 0) is 11.2 Å². The summed E-state index contributed by atoms with van der Waals surface area (Å²) in [5.41, 5.74) is 2.70. The van der Waals surface area contributed by atoms with Crippen molar-refractivity contribution in [1.29, 1.82) is 0 Å². The van der Waals surface area contributed by atoms with Crippen LogP contribution in [-0.4, -0.2) is 45.3 Å². The molecule has 2 bridgehead atoms. The minimum atomic E-state index is -0.261. The van der Waals surface area contributed by atoms with Gasteiger partial charge in [0.05, 0.1) is 18.3 Å². The van der Waals surface area contributed by atoms with Gasteiger partial charge >= 0.3 is 0 Å². The van der Waals surface area contributed by atoms with E-state index in [0.29, 0.717) is 25.9 Å². The van der Waals surface area contributed by atoms with Gasteiger partial charge in [0.1, 0.15) is 5.76 Å². The summed E-state index contributed by atoms with van der Waals surface area (Å²) in [7, 11) is 0. The molecule has 0 spiro atoms. The number of hydrogen-bond donors (Lipinski definition) is 1. The number of carbonyl (C=O) groups excluding carboxylic acids is 1. The molecule has 1 amide bonds. The molecule has 0 radical (unpaired) electrons. The van der Waals surface area contributed by atoms with Crippen LogP contribution in [0.3, 0.4) is 0 Å². The lowest BCUT2D eigenvalue weighted by Crippen LogP contribution is -2.51. The number of amides is 1. The van der Waals surface area contributed by atoms with Crippen LogP contribution in [0.25, 0.3) is 0 Å². The Labute approximate surface area is 157 Å². The minimum absolute atomic E-state index is 0.0700. The second-order valence-corrected chi connectivity index (χ2v) is 7.70. The van der Waals surface area contributed by atoms with Crippen LogP contribution in [0, 0.1) is 19.8 Å². The first-order valence-electron chi connectivity index (χ1n) is 9.51. The van der Waals surface area contributed by atoms with Gasteiger partial charge in [0, 0.05) is 48.7 Å². The summed E-state index contributed by atoms with van der Waals surface area (Å²) in [6.07, 6.45) is 1.93. The van der Waals surface area contributed by atoms with Crippen LogP contribution in [0.4, 0.5) is 0 Å². The van der Waals surface area contributed by atoms with E-state index in [1.807, 2.05) is 24.8 Å². The highest BCUT2D eigenvalue weighted by atomic mass is 16.5. The maximum atomic E-state index is 12.9. The molecule has 27 heavy (non-hydrogen) atoms. The first-order valence-corrected chi connectivity index (χ1v) is 9.51. The van der Waals surface area contributed by atoms with E-state index >= 15 is 0 Å². The van der Waals surface area contributed by atoms with Crippen molar-refractivity contribution >= 4 is 5.91 Å². The van der Waals surface area contributed by atoms with Crippen LogP contribution in [0.15, 0.2) is 27.5 Å². The molecule has 0 aliphatic carbocycles. The van der Waals surface area contributed by atoms with Crippen LogP contribution in [0.1, 0.15) is 47.5 Å². The van der Waals surface area contributed by atoms with Crippen LogP contribution >= 0.6 is 0 Å². The summed E-state index contributed by atoms with van der Waals surface area (Å²) in [5, 5.41) is 13.9. The van der Waals surface area contributed by atoms with E-state index in [2.05, 4.69) is 5.16 Å². The van der Waals surface area contributed by atoms with Gasteiger partial charge < -0.3 is 19.1 Å². The van der Waals surface area contributed by atoms with Gasteiger partial charge in [-0.05, 0) is 32.8 Å². The summed E-state index contributed by atoms with van der Waals surface area (Å²) in [4.78, 5) is 27.1. The quantitative estimate of drug-likeness (QED) is 0.881. The van der Waals surface area contributed by atoms with Crippen molar-refractivity contribution in [3.63, 3.8) is 0 Å². The molecule has 0 aromatic carbocycles. The molecule has 0 unspecified atom stereocenters. The van der Waals surface area contributed by atoms with Crippen molar-refractivity contribution in [2.75, 3.05) is 19.7 Å². The smallest absolute Gasteiger partial charge is 0.251 e. The fraction of sp³-hybridized carbons (Fsp3) is 0.550. The Balaban J connectivity index is 1.53. The molecule has 7 nitrogen and oxygen atoms in total. The number of nitrogens with zero attached hydrogens (tertiary/aromatic N) is 3. The topological polar surface area (TPSA) is 88.6 Å². The fourth-order valence-corrected chi connectivity index (χ4v) is 4.73. The summed E-state index contributed by atoms with van der Waals surface area (Å²) in [5.74, 6) is 1.12. The molecule has 2 aromatic rings. The molecule has 2 aliphatic heterocycles. The number of aliphatic hydroxyl groups excluding tert-OH is 1. The van der Waals surface area contributed by atoms with Gasteiger partial charge in [-0.15, -0.1) is 0 Å². The van der Waals surface area contributed by atoms with Gasteiger partial charge in [-0.1, -0.05) is 11.2 Å². The lowest BCUT2D eigenvalue weighted by atomic mass is 9.78. The Hall–Kier alpha value is -2.41. The lowest BCUT2D eigenvalue weighted by molar-refractivity contribution is -0.134. The molecule has 4 rings (SSSR count).